The van der Waals surface area contributed by atoms with Crippen molar-refractivity contribution >= 4 is 53.4 Å². The molecule has 4 nitrogen and oxygen atoms in total. The normalized spacial score (nSPS) is 14.9. The third-order valence-electron chi connectivity index (χ3n) is 4.36. The van der Waals surface area contributed by atoms with Crippen LogP contribution in [0.3, 0.4) is 0 Å². The van der Waals surface area contributed by atoms with Gasteiger partial charge < -0.3 is 0 Å². The van der Waals surface area contributed by atoms with Crippen LogP contribution in [0, 0.1) is 5.82 Å². The molecule has 0 aromatic heterocycles. The van der Waals surface area contributed by atoms with E-state index in [2.05, 4.69) is 4.99 Å². The monoisotopic (exact) mass is 486 g/mol. The van der Waals surface area contributed by atoms with Gasteiger partial charge in [0, 0.05) is 0 Å². The van der Waals surface area contributed by atoms with Gasteiger partial charge in [-0.25, -0.2) is 0 Å². The van der Waals surface area contributed by atoms with Gasteiger partial charge >= 0.3 is 185 Å². The molecule has 0 fully saturated rings. The number of aliphatic imine (C=N–C) groups is 1. The van der Waals surface area contributed by atoms with E-state index in [1.54, 1.807) is 42.4 Å². The molecule has 0 N–H and O–H groups in total. The quantitative estimate of drug-likeness (QED) is 0.400. The van der Waals surface area contributed by atoms with Crippen molar-refractivity contribution in [2.75, 3.05) is 12.0 Å². The first-order valence-electron chi connectivity index (χ1n) is 9.01. The van der Waals surface area contributed by atoms with Crippen molar-refractivity contribution in [2.45, 2.75) is 0 Å². The van der Waals surface area contributed by atoms with E-state index in [-0.39, 0.29) is 26.7 Å². The molecule has 150 valence electrons. The minimum absolute atomic E-state index is 0.224. The molecule has 1 aliphatic rings. The number of hydrogen-bond acceptors (Lipinski definition) is 3. The summed E-state index contributed by atoms with van der Waals surface area (Å²) in [7, 11) is 1.59. The van der Waals surface area contributed by atoms with Gasteiger partial charge in [-0.05, 0) is 0 Å². The molecule has 0 saturated heterocycles. The van der Waals surface area contributed by atoms with E-state index in [9.17, 15) is 9.18 Å². The second-order valence-electron chi connectivity index (χ2n) is 6.37. The van der Waals surface area contributed by atoms with Gasteiger partial charge in [0.25, 0.3) is 0 Å². The standard InChI is InChI=1S/C23H16ClFN2O2Se/c1-29-19-10-8-18(9-11-19)27-22(28)21(14-15-2-6-17(25)7-3-15)26-23(27)30-20-12-4-16(24)5-13-20/h2-14H,1H3/b21-14-. The van der Waals surface area contributed by atoms with Crippen molar-refractivity contribution < 1.29 is 13.9 Å². The average molecular weight is 486 g/mol. The van der Waals surface area contributed by atoms with E-state index in [0.717, 1.165) is 4.46 Å². The molecular weight excluding hydrogens is 470 g/mol. The van der Waals surface area contributed by atoms with E-state index in [0.29, 0.717) is 32.5 Å². The molecular formula is C23H16ClFN2O2Se. The van der Waals surface area contributed by atoms with Gasteiger partial charge in [-0.3, -0.25) is 0 Å². The molecule has 0 unspecified atom stereocenters. The number of benzene rings is 3. The SMILES string of the molecule is COc1ccc(N2C(=O)/C(=C/c3ccc(F)cc3)N=C2[Se]c2ccc(Cl)cc2)cc1. The number of carbonyl (C=O) groups excluding carboxylic acids is 1. The summed E-state index contributed by atoms with van der Waals surface area (Å²) in [5, 5.41) is 0.655. The number of halogens is 2. The molecule has 3 aromatic carbocycles. The Morgan fingerprint density at radius 2 is 1.67 bits per heavy atom. The molecule has 0 spiro atoms. The molecule has 1 aliphatic heterocycles. The predicted molar refractivity (Wildman–Crippen MR) is 119 cm³/mol. The molecule has 0 aliphatic carbocycles. The number of rotatable bonds is 5. The molecule has 0 bridgehead atoms. The molecule has 0 radical (unpaired) electrons. The van der Waals surface area contributed by atoms with Crippen LogP contribution in [-0.4, -0.2) is 32.7 Å². The van der Waals surface area contributed by atoms with Crippen LogP contribution in [0.1, 0.15) is 5.56 Å². The summed E-state index contributed by atoms with van der Waals surface area (Å²) in [4.78, 5) is 19.5. The average Bonchev–Trinajstić information content (AvgIpc) is 3.06. The second-order valence-corrected chi connectivity index (χ2v) is 8.99. The van der Waals surface area contributed by atoms with Crippen molar-refractivity contribution in [1.29, 1.82) is 0 Å². The number of amides is 1. The van der Waals surface area contributed by atoms with Crippen LogP contribution in [0.5, 0.6) is 5.75 Å². The zero-order valence-electron chi connectivity index (χ0n) is 15.9. The van der Waals surface area contributed by atoms with Crippen molar-refractivity contribution in [1.82, 2.24) is 0 Å². The Hall–Kier alpha value is -2.92. The molecule has 1 amide bonds. The zero-order chi connectivity index (χ0) is 21.1. The summed E-state index contributed by atoms with van der Waals surface area (Å²) in [6.45, 7) is 0. The van der Waals surface area contributed by atoms with Crippen LogP contribution in [0.15, 0.2) is 83.5 Å². The van der Waals surface area contributed by atoms with Crippen LogP contribution in [0.2, 0.25) is 5.02 Å². The first-order chi connectivity index (χ1) is 14.5. The molecule has 1 heterocycles. The number of anilines is 1. The summed E-state index contributed by atoms with van der Waals surface area (Å²) in [5.74, 6) is 0.148. The number of amidine groups is 1. The van der Waals surface area contributed by atoms with Gasteiger partial charge in [0.1, 0.15) is 0 Å². The van der Waals surface area contributed by atoms with Crippen molar-refractivity contribution in [2.24, 2.45) is 4.99 Å². The van der Waals surface area contributed by atoms with Gasteiger partial charge in [-0.2, -0.15) is 0 Å². The Labute approximate surface area is 184 Å². The molecule has 4 rings (SSSR count). The Bertz CT molecular complexity index is 1130. The van der Waals surface area contributed by atoms with E-state index in [4.69, 9.17) is 16.3 Å². The van der Waals surface area contributed by atoms with E-state index >= 15 is 0 Å². The molecule has 3 aromatic rings. The molecule has 30 heavy (non-hydrogen) atoms. The van der Waals surface area contributed by atoms with Crippen molar-refractivity contribution in [3.8, 4) is 5.75 Å². The van der Waals surface area contributed by atoms with Gasteiger partial charge in [-0.15, -0.1) is 0 Å². The number of methoxy groups -OCH3 is 1. The summed E-state index contributed by atoms with van der Waals surface area (Å²) >= 11 is 5.77. The molecule has 0 saturated carbocycles. The summed E-state index contributed by atoms with van der Waals surface area (Å²) in [5.41, 5.74) is 1.72. The Kier molecular flexibility index (Phi) is 6.00. The zero-order valence-corrected chi connectivity index (χ0v) is 18.3. The maximum absolute atomic E-state index is 13.2. The van der Waals surface area contributed by atoms with Crippen LogP contribution >= 0.6 is 11.6 Å². The second kappa shape index (κ2) is 8.84. The fourth-order valence-electron chi connectivity index (χ4n) is 2.85. The summed E-state index contributed by atoms with van der Waals surface area (Å²) in [6.07, 6.45) is 1.67. The first-order valence-corrected chi connectivity index (χ1v) is 11.1. The Balaban J connectivity index is 1.72. The van der Waals surface area contributed by atoms with E-state index in [1.165, 1.54) is 12.1 Å². The van der Waals surface area contributed by atoms with Crippen LogP contribution in [0.25, 0.3) is 6.08 Å². The van der Waals surface area contributed by atoms with Crippen molar-refractivity contribution in [3.05, 3.63) is 94.9 Å². The van der Waals surface area contributed by atoms with E-state index < -0.39 is 0 Å². The molecule has 7 heteroatoms. The number of hydrogen-bond donors (Lipinski definition) is 0. The van der Waals surface area contributed by atoms with Gasteiger partial charge in [0.2, 0.25) is 0 Å². The minimum atomic E-state index is -0.329. The number of nitrogens with zero attached hydrogens (tertiary/aromatic N) is 2. The maximum atomic E-state index is 13.2. The van der Waals surface area contributed by atoms with Crippen LogP contribution in [0.4, 0.5) is 10.1 Å². The topological polar surface area (TPSA) is 41.9 Å². The summed E-state index contributed by atoms with van der Waals surface area (Å²) in [6, 6.07) is 20.7. The predicted octanol–water partition coefficient (Wildman–Crippen LogP) is 4.26. The summed E-state index contributed by atoms with van der Waals surface area (Å²) < 4.78 is 20.1. The van der Waals surface area contributed by atoms with E-state index in [1.807, 2.05) is 36.4 Å². The fraction of sp³-hybridized carbons (Fsp3) is 0.0435. The van der Waals surface area contributed by atoms with Gasteiger partial charge in [-0.1, -0.05) is 0 Å². The fourth-order valence-corrected chi connectivity index (χ4v) is 4.88. The Morgan fingerprint density at radius 3 is 2.30 bits per heavy atom. The molecule has 0 atom stereocenters. The number of ether oxygens (including phenoxy) is 1. The Morgan fingerprint density at radius 1 is 1.00 bits per heavy atom. The van der Waals surface area contributed by atoms with Gasteiger partial charge in [0.15, 0.2) is 0 Å². The van der Waals surface area contributed by atoms with Crippen LogP contribution in [-0.2, 0) is 4.79 Å². The van der Waals surface area contributed by atoms with Gasteiger partial charge in [0.05, 0.1) is 0 Å². The van der Waals surface area contributed by atoms with Crippen molar-refractivity contribution in [3.63, 3.8) is 0 Å². The van der Waals surface area contributed by atoms with Crippen LogP contribution < -0.4 is 14.1 Å². The third-order valence-corrected chi connectivity index (χ3v) is 6.63. The first kappa shape index (κ1) is 20.4. The third kappa shape index (κ3) is 4.46. The number of carbonyl (C=O) groups is 1.